The molecule has 1 saturated heterocycles. The van der Waals surface area contributed by atoms with Gasteiger partial charge in [0.15, 0.2) is 0 Å². The number of piperidine rings is 1. The smallest absolute Gasteiger partial charge is 0.258 e. The predicted octanol–water partition coefficient (Wildman–Crippen LogP) is 4.25. The van der Waals surface area contributed by atoms with Crippen molar-refractivity contribution in [2.45, 2.75) is 31.1 Å². The standard InChI is InChI=1S/C30H33N3O6S/c1-20-4-11-27(39-3)28(18-20)40(36,37)32-15-12-22(13-16-32)29(34)31-24-8-5-21-14-17-33(26(21)19-24)30(35)23-6-9-25(38-2)10-7-23/h4-11,18-19,22H,12-17H2,1-3H3,(H,31,34). The third-order valence-electron chi connectivity index (χ3n) is 7.59. The van der Waals surface area contributed by atoms with Crippen LogP contribution in [0.2, 0.25) is 0 Å². The van der Waals surface area contributed by atoms with Crippen molar-refractivity contribution in [3.05, 3.63) is 77.4 Å². The summed E-state index contributed by atoms with van der Waals surface area (Å²) >= 11 is 0. The van der Waals surface area contributed by atoms with Gasteiger partial charge < -0.3 is 19.7 Å². The van der Waals surface area contributed by atoms with Crippen LogP contribution in [0.1, 0.15) is 34.3 Å². The number of hydrogen-bond acceptors (Lipinski definition) is 6. The van der Waals surface area contributed by atoms with E-state index in [9.17, 15) is 18.0 Å². The molecule has 0 aromatic heterocycles. The van der Waals surface area contributed by atoms with Crippen LogP contribution in [0.4, 0.5) is 11.4 Å². The number of hydrogen-bond donors (Lipinski definition) is 1. The van der Waals surface area contributed by atoms with E-state index in [1.807, 2.05) is 31.2 Å². The van der Waals surface area contributed by atoms with E-state index in [4.69, 9.17) is 9.47 Å². The Morgan fingerprint density at radius 1 is 0.900 bits per heavy atom. The number of anilines is 2. The number of ether oxygens (including phenoxy) is 2. The molecule has 0 unspecified atom stereocenters. The van der Waals surface area contributed by atoms with Gasteiger partial charge in [0.2, 0.25) is 15.9 Å². The lowest BCUT2D eigenvalue weighted by atomic mass is 9.97. The highest BCUT2D eigenvalue weighted by molar-refractivity contribution is 7.89. The highest BCUT2D eigenvalue weighted by Gasteiger charge is 2.34. The molecule has 10 heteroatoms. The highest BCUT2D eigenvalue weighted by atomic mass is 32.2. The van der Waals surface area contributed by atoms with Gasteiger partial charge in [0.05, 0.1) is 14.2 Å². The number of nitrogens with zero attached hydrogens (tertiary/aromatic N) is 2. The number of rotatable bonds is 7. The van der Waals surface area contributed by atoms with Gasteiger partial charge in [-0.2, -0.15) is 4.31 Å². The second-order valence-corrected chi connectivity index (χ2v) is 12.0. The first-order chi connectivity index (χ1) is 19.2. The maximum absolute atomic E-state index is 13.3. The van der Waals surface area contributed by atoms with Crippen molar-refractivity contribution in [2.75, 3.05) is 44.1 Å². The minimum Gasteiger partial charge on any atom is -0.497 e. The Hall–Kier alpha value is -3.89. The second kappa shape index (κ2) is 11.3. The van der Waals surface area contributed by atoms with Gasteiger partial charge in [-0.1, -0.05) is 12.1 Å². The van der Waals surface area contributed by atoms with Crippen LogP contribution in [0.3, 0.4) is 0 Å². The molecule has 2 heterocycles. The molecule has 0 atom stereocenters. The minimum absolute atomic E-state index is 0.108. The topological polar surface area (TPSA) is 105 Å². The van der Waals surface area contributed by atoms with Crippen LogP contribution in [0.15, 0.2) is 65.6 Å². The molecule has 0 aliphatic carbocycles. The molecule has 210 valence electrons. The third kappa shape index (κ3) is 5.41. The number of methoxy groups -OCH3 is 2. The summed E-state index contributed by atoms with van der Waals surface area (Å²) in [6.07, 6.45) is 1.56. The number of carbonyl (C=O) groups is 2. The SMILES string of the molecule is COc1ccc(C(=O)N2CCc3ccc(NC(=O)C4CCN(S(=O)(=O)c5cc(C)ccc5OC)CC4)cc32)cc1. The molecule has 2 aliphatic heterocycles. The van der Waals surface area contributed by atoms with Crippen molar-refractivity contribution >= 4 is 33.2 Å². The fourth-order valence-electron chi connectivity index (χ4n) is 5.28. The number of carbonyl (C=O) groups excluding carboxylic acids is 2. The average Bonchev–Trinajstić information content (AvgIpc) is 3.40. The maximum Gasteiger partial charge on any atom is 0.258 e. The number of aryl methyl sites for hydroxylation is 1. The van der Waals surface area contributed by atoms with E-state index in [-0.39, 0.29) is 35.7 Å². The van der Waals surface area contributed by atoms with E-state index in [1.165, 1.54) is 11.4 Å². The lowest BCUT2D eigenvalue weighted by molar-refractivity contribution is -0.120. The van der Waals surface area contributed by atoms with Crippen molar-refractivity contribution in [1.82, 2.24) is 4.31 Å². The number of amides is 2. The van der Waals surface area contributed by atoms with Crippen LogP contribution in [-0.4, -0.2) is 58.4 Å². The molecule has 5 rings (SSSR count). The summed E-state index contributed by atoms with van der Waals surface area (Å²) in [4.78, 5) is 28.2. The average molecular weight is 564 g/mol. The Morgan fingerprint density at radius 2 is 1.62 bits per heavy atom. The molecule has 0 spiro atoms. The summed E-state index contributed by atoms with van der Waals surface area (Å²) in [6, 6.07) is 17.7. The first-order valence-corrected chi connectivity index (χ1v) is 14.7. The summed E-state index contributed by atoms with van der Waals surface area (Å²) < 4.78 is 38.5. The molecular formula is C30H33N3O6S. The van der Waals surface area contributed by atoms with E-state index in [2.05, 4.69) is 5.32 Å². The zero-order chi connectivity index (χ0) is 28.4. The van der Waals surface area contributed by atoms with Crippen LogP contribution in [-0.2, 0) is 21.2 Å². The molecule has 0 radical (unpaired) electrons. The van der Waals surface area contributed by atoms with Crippen molar-refractivity contribution in [3.8, 4) is 11.5 Å². The Bertz CT molecular complexity index is 1530. The van der Waals surface area contributed by atoms with Crippen molar-refractivity contribution in [3.63, 3.8) is 0 Å². The van der Waals surface area contributed by atoms with Gasteiger partial charge in [-0.15, -0.1) is 0 Å². The maximum atomic E-state index is 13.3. The number of benzene rings is 3. The lowest BCUT2D eigenvalue weighted by Crippen LogP contribution is -2.41. The van der Waals surface area contributed by atoms with Crippen molar-refractivity contribution < 1.29 is 27.5 Å². The monoisotopic (exact) mass is 563 g/mol. The summed E-state index contributed by atoms with van der Waals surface area (Å²) in [6.45, 7) is 2.89. The van der Waals surface area contributed by atoms with Crippen LogP contribution in [0, 0.1) is 12.8 Å². The van der Waals surface area contributed by atoms with Crippen LogP contribution < -0.4 is 19.7 Å². The Kier molecular flexibility index (Phi) is 7.82. The van der Waals surface area contributed by atoms with Crippen LogP contribution >= 0.6 is 0 Å². The molecular weight excluding hydrogens is 530 g/mol. The summed E-state index contributed by atoms with van der Waals surface area (Å²) in [7, 11) is -0.719. The fourth-order valence-corrected chi connectivity index (χ4v) is 6.99. The second-order valence-electron chi connectivity index (χ2n) is 10.1. The molecule has 1 N–H and O–H groups in total. The van der Waals surface area contributed by atoms with Gasteiger partial charge in [-0.3, -0.25) is 9.59 Å². The Labute approximate surface area is 234 Å². The molecule has 9 nitrogen and oxygen atoms in total. The van der Waals surface area contributed by atoms with Crippen molar-refractivity contribution in [1.29, 1.82) is 0 Å². The molecule has 0 bridgehead atoms. The van der Waals surface area contributed by atoms with Gasteiger partial charge in [-0.25, -0.2) is 8.42 Å². The van der Waals surface area contributed by atoms with E-state index < -0.39 is 10.0 Å². The van der Waals surface area contributed by atoms with Crippen LogP contribution in [0.25, 0.3) is 0 Å². The highest BCUT2D eigenvalue weighted by Crippen LogP contribution is 2.34. The van der Waals surface area contributed by atoms with Gasteiger partial charge in [0.1, 0.15) is 16.4 Å². The van der Waals surface area contributed by atoms with Gasteiger partial charge >= 0.3 is 0 Å². The Morgan fingerprint density at radius 3 is 2.30 bits per heavy atom. The van der Waals surface area contributed by atoms with E-state index in [1.54, 1.807) is 48.4 Å². The molecule has 3 aromatic rings. The summed E-state index contributed by atoms with van der Waals surface area (Å²) in [5.74, 6) is 0.402. The third-order valence-corrected chi connectivity index (χ3v) is 9.51. The van der Waals surface area contributed by atoms with E-state index in [0.29, 0.717) is 42.1 Å². The minimum atomic E-state index is -3.75. The lowest BCUT2D eigenvalue weighted by Gasteiger charge is -2.31. The number of sulfonamides is 1. The van der Waals surface area contributed by atoms with Crippen molar-refractivity contribution in [2.24, 2.45) is 5.92 Å². The number of fused-ring (bicyclic) bond motifs is 1. The molecule has 40 heavy (non-hydrogen) atoms. The van der Waals surface area contributed by atoms with Gasteiger partial charge in [0.25, 0.3) is 5.91 Å². The summed E-state index contributed by atoms with van der Waals surface area (Å²) in [5.41, 5.74) is 3.83. The largest absolute Gasteiger partial charge is 0.497 e. The first-order valence-electron chi connectivity index (χ1n) is 13.3. The zero-order valence-corrected chi connectivity index (χ0v) is 23.7. The van der Waals surface area contributed by atoms with E-state index >= 15 is 0 Å². The van der Waals surface area contributed by atoms with E-state index in [0.717, 1.165) is 23.2 Å². The molecule has 2 aliphatic rings. The number of nitrogens with one attached hydrogen (secondary N) is 1. The Balaban J connectivity index is 1.24. The van der Waals surface area contributed by atoms with Crippen LogP contribution in [0.5, 0.6) is 11.5 Å². The quantitative estimate of drug-likeness (QED) is 0.461. The van der Waals surface area contributed by atoms with Gasteiger partial charge in [-0.05, 0) is 85.8 Å². The molecule has 3 aromatic carbocycles. The fraction of sp³-hybridized carbons (Fsp3) is 0.333. The molecule has 1 fully saturated rings. The first kappa shape index (κ1) is 27.7. The molecule has 0 saturated carbocycles. The summed E-state index contributed by atoms with van der Waals surface area (Å²) in [5, 5.41) is 2.99. The molecule has 2 amide bonds. The predicted molar refractivity (Wildman–Crippen MR) is 153 cm³/mol. The normalized spacial score (nSPS) is 15.9. The van der Waals surface area contributed by atoms with Gasteiger partial charge in [0, 0.05) is 42.5 Å². The zero-order valence-electron chi connectivity index (χ0n) is 22.8.